The van der Waals surface area contributed by atoms with Crippen LogP contribution in [0.25, 0.3) is 0 Å². The number of hydrogen-bond donors (Lipinski definition) is 1. The van der Waals surface area contributed by atoms with Crippen molar-refractivity contribution < 1.29 is 13.5 Å². The smallest absolute Gasteiger partial charge is 0.129 e. The van der Waals surface area contributed by atoms with Gasteiger partial charge in [-0.1, -0.05) is 18.2 Å². The highest BCUT2D eigenvalue weighted by Gasteiger charge is 2.10. The molecule has 1 heterocycles. The van der Waals surface area contributed by atoms with Crippen LogP contribution in [-0.4, -0.2) is 5.54 Å². The molecule has 0 amide bonds. The molecule has 0 spiro atoms. The summed E-state index contributed by atoms with van der Waals surface area (Å²) in [6, 6.07) is 10.4. The maximum atomic E-state index is 13.4. The first-order valence-corrected chi connectivity index (χ1v) is 7.08. The molecule has 0 bridgehead atoms. The van der Waals surface area contributed by atoms with Crippen molar-refractivity contribution in [2.24, 2.45) is 0 Å². The second-order valence-corrected chi connectivity index (χ2v) is 6.06. The van der Waals surface area contributed by atoms with Crippen LogP contribution >= 0.6 is 0 Å². The summed E-state index contributed by atoms with van der Waals surface area (Å²) in [6.07, 6.45) is 0. The molecule has 0 saturated heterocycles. The van der Waals surface area contributed by atoms with E-state index in [0.717, 1.165) is 11.5 Å². The van der Waals surface area contributed by atoms with E-state index < -0.39 is 0 Å². The van der Waals surface area contributed by atoms with Gasteiger partial charge < -0.3 is 14.5 Å². The van der Waals surface area contributed by atoms with Gasteiger partial charge in [0.05, 0.1) is 13.2 Å². The summed E-state index contributed by atoms with van der Waals surface area (Å²) in [6.45, 7) is 7.57. The Hall–Kier alpha value is -1.65. The molecule has 0 radical (unpaired) electrons. The van der Waals surface area contributed by atoms with Gasteiger partial charge in [-0.2, -0.15) is 0 Å². The fourth-order valence-electron chi connectivity index (χ4n) is 1.82. The van der Waals surface area contributed by atoms with Gasteiger partial charge in [0.2, 0.25) is 0 Å². The molecule has 2 rings (SSSR count). The zero-order valence-electron chi connectivity index (χ0n) is 12.8. The van der Waals surface area contributed by atoms with Gasteiger partial charge in [0.25, 0.3) is 0 Å². The first-order chi connectivity index (χ1) is 9.94. The molecule has 1 N–H and O–H groups in total. The van der Waals surface area contributed by atoms with Crippen LogP contribution in [0, 0.1) is 5.82 Å². The molecule has 0 saturated carbocycles. The largest absolute Gasteiger partial charge is 0.462 e. The first kappa shape index (κ1) is 15.7. The van der Waals surface area contributed by atoms with Crippen molar-refractivity contribution in [3.63, 3.8) is 0 Å². The lowest BCUT2D eigenvalue weighted by molar-refractivity contribution is 0.0898. The van der Waals surface area contributed by atoms with Crippen LogP contribution in [0.3, 0.4) is 0 Å². The molecule has 0 aliphatic heterocycles. The molecule has 0 aliphatic rings. The Morgan fingerprint density at radius 1 is 1.05 bits per heavy atom. The minimum absolute atomic E-state index is 0.0499. The predicted octanol–water partition coefficient (Wildman–Crippen LogP) is 4.02. The Balaban J connectivity index is 1.79. The molecular weight excluding hydrogens is 269 g/mol. The lowest BCUT2D eigenvalue weighted by Gasteiger charge is -2.19. The highest BCUT2D eigenvalue weighted by Crippen LogP contribution is 2.13. The van der Waals surface area contributed by atoms with Crippen molar-refractivity contribution in [2.45, 2.75) is 46.1 Å². The van der Waals surface area contributed by atoms with E-state index in [1.54, 1.807) is 18.2 Å². The molecule has 1 aromatic carbocycles. The Morgan fingerprint density at radius 2 is 1.76 bits per heavy atom. The number of furan rings is 1. The minimum Gasteiger partial charge on any atom is -0.462 e. The van der Waals surface area contributed by atoms with E-state index in [4.69, 9.17) is 9.15 Å². The van der Waals surface area contributed by atoms with Gasteiger partial charge in [0.15, 0.2) is 0 Å². The number of ether oxygens (including phenoxy) is 1. The number of rotatable bonds is 6. The normalized spacial score (nSPS) is 11.8. The van der Waals surface area contributed by atoms with Crippen molar-refractivity contribution in [3.8, 4) is 0 Å². The Labute approximate surface area is 125 Å². The average molecular weight is 291 g/mol. The van der Waals surface area contributed by atoms with E-state index in [1.807, 2.05) is 12.1 Å². The number of halogens is 1. The summed E-state index contributed by atoms with van der Waals surface area (Å²) in [5.41, 5.74) is 0.604. The average Bonchev–Trinajstić information content (AvgIpc) is 2.86. The summed E-state index contributed by atoms with van der Waals surface area (Å²) in [5, 5.41) is 3.36. The Kier molecular flexibility index (Phi) is 5.15. The third-order valence-corrected chi connectivity index (χ3v) is 2.97. The predicted molar refractivity (Wildman–Crippen MR) is 80.2 cm³/mol. The van der Waals surface area contributed by atoms with E-state index in [-0.39, 0.29) is 18.0 Å². The maximum Gasteiger partial charge on any atom is 0.129 e. The summed E-state index contributed by atoms with van der Waals surface area (Å²) < 4.78 is 24.6. The van der Waals surface area contributed by atoms with Crippen LogP contribution in [0.5, 0.6) is 0 Å². The maximum absolute atomic E-state index is 13.4. The SMILES string of the molecule is CC(C)(C)NCc1ccc(COCc2ccccc2F)o1. The van der Waals surface area contributed by atoms with Crippen molar-refractivity contribution >= 4 is 0 Å². The van der Waals surface area contributed by atoms with Crippen LogP contribution in [0.2, 0.25) is 0 Å². The van der Waals surface area contributed by atoms with Crippen LogP contribution < -0.4 is 5.32 Å². The summed E-state index contributed by atoms with van der Waals surface area (Å²) in [4.78, 5) is 0. The standard InChI is InChI=1S/C17H22FNO2/c1-17(2,3)19-10-14-8-9-15(21-14)12-20-11-13-6-4-5-7-16(13)18/h4-9,19H,10-12H2,1-3H3. The molecule has 0 fully saturated rings. The Bertz CT molecular complexity index is 572. The van der Waals surface area contributed by atoms with Gasteiger partial charge in [-0.05, 0) is 39.0 Å². The van der Waals surface area contributed by atoms with E-state index in [2.05, 4.69) is 26.1 Å². The van der Waals surface area contributed by atoms with Crippen molar-refractivity contribution in [1.82, 2.24) is 5.32 Å². The highest BCUT2D eigenvalue weighted by atomic mass is 19.1. The van der Waals surface area contributed by atoms with E-state index >= 15 is 0 Å². The Morgan fingerprint density at radius 3 is 2.48 bits per heavy atom. The van der Waals surface area contributed by atoms with Crippen LogP contribution in [0.1, 0.15) is 37.9 Å². The molecule has 4 heteroatoms. The fourth-order valence-corrected chi connectivity index (χ4v) is 1.82. The van der Waals surface area contributed by atoms with Crippen molar-refractivity contribution in [3.05, 3.63) is 59.3 Å². The minimum atomic E-state index is -0.244. The molecule has 1 aromatic heterocycles. The molecule has 114 valence electrons. The second kappa shape index (κ2) is 6.87. The van der Waals surface area contributed by atoms with Crippen LogP contribution in [0.4, 0.5) is 4.39 Å². The molecule has 2 aromatic rings. The van der Waals surface area contributed by atoms with Gasteiger partial charge >= 0.3 is 0 Å². The monoisotopic (exact) mass is 291 g/mol. The lowest BCUT2D eigenvalue weighted by atomic mass is 10.1. The molecule has 0 aliphatic carbocycles. The quantitative estimate of drug-likeness (QED) is 0.872. The van der Waals surface area contributed by atoms with Crippen LogP contribution in [-0.2, 0) is 24.5 Å². The topological polar surface area (TPSA) is 34.4 Å². The fraction of sp³-hybridized carbons (Fsp3) is 0.412. The van der Waals surface area contributed by atoms with Gasteiger partial charge in [-0.3, -0.25) is 0 Å². The third kappa shape index (κ3) is 5.33. The van der Waals surface area contributed by atoms with E-state index in [0.29, 0.717) is 18.7 Å². The van der Waals surface area contributed by atoms with Gasteiger partial charge in [-0.15, -0.1) is 0 Å². The van der Waals surface area contributed by atoms with Gasteiger partial charge in [-0.25, -0.2) is 4.39 Å². The number of nitrogens with one attached hydrogen (secondary N) is 1. The summed E-state index contributed by atoms with van der Waals surface area (Å²) >= 11 is 0. The molecular formula is C17H22FNO2. The second-order valence-electron chi connectivity index (χ2n) is 6.06. The highest BCUT2D eigenvalue weighted by molar-refractivity contribution is 5.16. The van der Waals surface area contributed by atoms with Gasteiger partial charge in [0.1, 0.15) is 23.9 Å². The molecule has 3 nitrogen and oxygen atoms in total. The lowest BCUT2D eigenvalue weighted by Crippen LogP contribution is -2.34. The van der Waals surface area contributed by atoms with Crippen molar-refractivity contribution in [2.75, 3.05) is 0 Å². The zero-order chi connectivity index (χ0) is 15.3. The number of benzene rings is 1. The molecule has 21 heavy (non-hydrogen) atoms. The third-order valence-electron chi connectivity index (χ3n) is 2.97. The van der Waals surface area contributed by atoms with Crippen molar-refractivity contribution in [1.29, 1.82) is 0 Å². The number of hydrogen-bond acceptors (Lipinski definition) is 3. The van der Waals surface area contributed by atoms with Gasteiger partial charge in [0, 0.05) is 11.1 Å². The summed E-state index contributed by atoms with van der Waals surface area (Å²) in [7, 11) is 0. The summed E-state index contributed by atoms with van der Waals surface area (Å²) in [5.74, 6) is 1.37. The van der Waals surface area contributed by atoms with E-state index in [1.165, 1.54) is 6.07 Å². The first-order valence-electron chi connectivity index (χ1n) is 7.08. The molecule has 0 atom stereocenters. The van der Waals surface area contributed by atoms with Crippen LogP contribution in [0.15, 0.2) is 40.8 Å². The van der Waals surface area contributed by atoms with E-state index in [9.17, 15) is 4.39 Å². The zero-order valence-corrected chi connectivity index (χ0v) is 12.8. The molecule has 0 unspecified atom stereocenters.